The Morgan fingerprint density at radius 2 is 1.65 bits per heavy atom. The van der Waals surface area contributed by atoms with Crippen molar-refractivity contribution in [2.24, 2.45) is 0 Å². The van der Waals surface area contributed by atoms with Crippen LogP contribution in [0.3, 0.4) is 0 Å². The van der Waals surface area contributed by atoms with E-state index in [9.17, 15) is 31.2 Å². The number of sulfonamides is 1. The summed E-state index contributed by atoms with van der Waals surface area (Å²) in [6, 6.07) is 11.6. The van der Waals surface area contributed by atoms with Gasteiger partial charge in [0, 0.05) is 11.8 Å². The molecule has 0 fully saturated rings. The molecule has 0 atom stereocenters. The Labute approximate surface area is 229 Å². The van der Waals surface area contributed by atoms with Crippen LogP contribution in [0, 0.1) is 6.92 Å². The van der Waals surface area contributed by atoms with Gasteiger partial charge in [0.25, 0.3) is 10.0 Å². The second-order valence-electron chi connectivity index (χ2n) is 8.37. The largest absolute Gasteiger partial charge is 0.493 e. The summed E-state index contributed by atoms with van der Waals surface area (Å²) in [5.74, 6) is -1.10. The smallest absolute Gasteiger partial charge is 0.416 e. The Balaban J connectivity index is 2.01. The van der Waals surface area contributed by atoms with Gasteiger partial charge in [-0.2, -0.15) is 13.2 Å². The van der Waals surface area contributed by atoms with Crippen molar-refractivity contribution < 1.29 is 45.4 Å². The molecule has 3 aromatic rings. The molecule has 0 radical (unpaired) electrons. The normalized spacial score (nSPS) is 11.5. The van der Waals surface area contributed by atoms with E-state index < -0.39 is 40.2 Å². The molecular formula is C27H27F3N2O7S. The van der Waals surface area contributed by atoms with Gasteiger partial charge in [0.05, 0.1) is 42.5 Å². The molecule has 1 N–H and O–H groups in total. The highest BCUT2D eigenvalue weighted by atomic mass is 32.2. The average molecular weight is 581 g/mol. The molecule has 1 amide bonds. The first kappa shape index (κ1) is 30.3. The third-order valence-electron chi connectivity index (χ3n) is 5.70. The first-order valence-corrected chi connectivity index (χ1v) is 13.3. The van der Waals surface area contributed by atoms with Gasteiger partial charge in [0.2, 0.25) is 5.91 Å². The Bertz CT molecular complexity index is 1510. The summed E-state index contributed by atoms with van der Waals surface area (Å²) in [5.41, 5.74) is -0.478. The average Bonchev–Trinajstić information content (AvgIpc) is 2.92. The summed E-state index contributed by atoms with van der Waals surface area (Å²) in [4.78, 5) is 24.7. The number of amides is 1. The van der Waals surface area contributed by atoms with Gasteiger partial charge in [-0.1, -0.05) is 6.07 Å². The first-order valence-electron chi connectivity index (χ1n) is 11.8. The van der Waals surface area contributed by atoms with Crippen molar-refractivity contribution >= 4 is 33.3 Å². The van der Waals surface area contributed by atoms with Crippen LogP contribution in [-0.2, 0) is 25.7 Å². The number of nitrogens with one attached hydrogen (secondary N) is 1. The van der Waals surface area contributed by atoms with Crippen molar-refractivity contribution in [3.8, 4) is 11.5 Å². The number of carbonyl (C=O) groups is 2. The van der Waals surface area contributed by atoms with E-state index >= 15 is 0 Å². The molecule has 0 spiro atoms. The number of hydrogen-bond donors (Lipinski definition) is 1. The number of esters is 1. The van der Waals surface area contributed by atoms with Crippen LogP contribution >= 0.6 is 0 Å². The fourth-order valence-electron chi connectivity index (χ4n) is 3.72. The van der Waals surface area contributed by atoms with Crippen molar-refractivity contribution in [3.63, 3.8) is 0 Å². The van der Waals surface area contributed by atoms with Gasteiger partial charge in [-0.3, -0.25) is 9.10 Å². The second-order valence-corrected chi connectivity index (χ2v) is 10.2. The van der Waals surface area contributed by atoms with E-state index in [1.807, 2.05) is 0 Å². The molecule has 0 saturated heterocycles. The standard InChI is InChI=1S/C27H27F3N2O7S/c1-5-39-26(34)18-9-11-22(17(2)13-18)31-25(33)16-32(20-8-6-7-19(14-20)27(28,29)30)40(35,36)21-10-12-23(37-3)24(15-21)38-4/h6-15H,5,16H2,1-4H3,(H,31,33). The molecule has 3 aromatic carbocycles. The Morgan fingerprint density at radius 1 is 0.950 bits per heavy atom. The Hall–Kier alpha value is -4.26. The number of anilines is 2. The maximum absolute atomic E-state index is 13.7. The van der Waals surface area contributed by atoms with Gasteiger partial charge >= 0.3 is 12.1 Å². The van der Waals surface area contributed by atoms with E-state index in [-0.39, 0.29) is 39.9 Å². The quantitative estimate of drug-likeness (QED) is 0.335. The number of rotatable bonds is 10. The number of halogens is 3. The van der Waals surface area contributed by atoms with Gasteiger partial charge in [-0.25, -0.2) is 13.2 Å². The topological polar surface area (TPSA) is 111 Å². The molecule has 0 bridgehead atoms. The number of nitrogens with zero attached hydrogens (tertiary/aromatic N) is 1. The third-order valence-corrected chi connectivity index (χ3v) is 7.47. The van der Waals surface area contributed by atoms with Gasteiger partial charge in [0.15, 0.2) is 11.5 Å². The zero-order valence-corrected chi connectivity index (χ0v) is 22.9. The van der Waals surface area contributed by atoms with E-state index in [1.165, 1.54) is 44.6 Å². The van der Waals surface area contributed by atoms with Crippen molar-refractivity contribution in [2.45, 2.75) is 24.9 Å². The zero-order valence-electron chi connectivity index (χ0n) is 22.0. The van der Waals surface area contributed by atoms with Crippen molar-refractivity contribution in [2.75, 3.05) is 37.0 Å². The molecule has 9 nitrogen and oxygen atoms in total. The van der Waals surface area contributed by atoms with Crippen LogP contribution in [0.5, 0.6) is 11.5 Å². The van der Waals surface area contributed by atoms with Crippen LogP contribution < -0.4 is 19.1 Å². The van der Waals surface area contributed by atoms with Crippen LogP contribution in [0.4, 0.5) is 24.5 Å². The highest BCUT2D eigenvalue weighted by Gasteiger charge is 2.33. The molecular weight excluding hydrogens is 553 g/mol. The minimum atomic E-state index is -4.76. The van der Waals surface area contributed by atoms with Crippen LogP contribution in [-0.4, -0.2) is 47.7 Å². The second kappa shape index (κ2) is 12.3. The fraction of sp³-hybridized carbons (Fsp3) is 0.259. The molecule has 13 heteroatoms. The lowest BCUT2D eigenvalue weighted by Gasteiger charge is -2.25. The zero-order chi connectivity index (χ0) is 29.7. The number of ether oxygens (including phenoxy) is 3. The lowest BCUT2D eigenvalue weighted by atomic mass is 10.1. The predicted molar refractivity (Wildman–Crippen MR) is 141 cm³/mol. The summed E-state index contributed by atoms with van der Waals surface area (Å²) in [7, 11) is -1.94. The van der Waals surface area contributed by atoms with Crippen LogP contribution in [0.15, 0.2) is 65.6 Å². The maximum Gasteiger partial charge on any atom is 0.416 e. The summed E-state index contributed by atoms with van der Waals surface area (Å²) >= 11 is 0. The molecule has 0 heterocycles. The number of benzene rings is 3. The summed E-state index contributed by atoms with van der Waals surface area (Å²) in [6.07, 6.45) is -4.76. The fourth-order valence-corrected chi connectivity index (χ4v) is 5.15. The van der Waals surface area contributed by atoms with Crippen LogP contribution in [0.1, 0.15) is 28.4 Å². The molecule has 0 aromatic heterocycles. The van der Waals surface area contributed by atoms with Gasteiger partial charge in [-0.05, 0) is 67.9 Å². The minimum absolute atomic E-state index is 0.0642. The molecule has 214 valence electrons. The van der Waals surface area contributed by atoms with E-state index in [0.29, 0.717) is 15.9 Å². The van der Waals surface area contributed by atoms with Gasteiger partial charge < -0.3 is 19.5 Å². The van der Waals surface area contributed by atoms with Gasteiger partial charge in [0.1, 0.15) is 6.54 Å². The first-order chi connectivity index (χ1) is 18.8. The van der Waals surface area contributed by atoms with Crippen LogP contribution in [0.2, 0.25) is 0 Å². The van der Waals surface area contributed by atoms with E-state index in [0.717, 1.165) is 24.3 Å². The molecule has 0 aliphatic rings. The number of aryl methyl sites for hydroxylation is 1. The summed E-state index contributed by atoms with van der Waals surface area (Å²) in [6.45, 7) is 2.59. The molecule has 40 heavy (non-hydrogen) atoms. The number of methoxy groups -OCH3 is 2. The molecule has 0 aliphatic heterocycles. The monoisotopic (exact) mass is 580 g/mol. The van der Waals surface area contributed by atoms with E-state index in [4.69, 9.17) is 14.2 Å². The molecule has 0 aliphatic carbocycles. The predicted octanol–water partition coefficient (Wildman–Crippen LogP) is 5.04. The molecule has 3 rings (SSSR count). The number of hydrogen-bond acceptors (Lipinski definition) is 7. The third kappa shape index (κ3) is 6.84. The minimum Gasteiger partial charge on any atom is -0.493 e. The Kier molecular flexibility index (Phi) is 9.30. The molecule has 0 unspecified atom stereocenters. The number of alkyl halides is 3. The SMILES string of the molecule is CCOC(=O)c1ccc(NC(=O)CN(c2cccc(C(F)(F)F)c2)S(=O)(=O)c2ccc(OC)c(OC)c2)c(C)c1. The summed E-state index contributed by atoms with van der Waals surface area (Å²) in [5, 5.41) is 2.55. The highest BCUT2D eigenvalue weighted by Crippen LogP contribution is 2.35. The van der Waals surface area contributed by atoms with Crippen molar-refractivity contribution in [1.82, 2.24) is 0 Å². The lowest BCUT2D eigenvalue weighted by Crippen LogP contribution is -2.38. The van der Waals surface area contributed by atoms with Crippen molar-refractivity contribution in [1.29, 1.82) is 0 Å². The van der Waals surface area contributed by atoms with E-state index in [1.54, 1.807) is 13.8 Å². The van der Waals surface area contributed by atoms with Crippen LogP contribution in [0.25, 0.3) is 0 Å². The highest BCUT2D eigenvalue weighted by molar-refractivity contribution is 7.92. The number of carbonyl (C=O) groups excluding carboxylic acids is 2. The Morgan fingerprint density at radius 3 is 2.25 bits per heavy atom. The maximum atomic E-state index is 13.7. The van der Waals surface area contributed by atoms with Crippen molar-refractivity contribution in [3.05, 3.63) is 77.4 Å². The molecule has 0 saturated carbocycles. The van der Waals surface area contributed by atoms with Gasteiger partial charge in [-0.15, -0.1) is 0 Å². The van der Waals surface area contributed by atoms with E-state index in [2.05, 4.69) is 5.32 Å². The summed E-state index contributed by atoms with van der Waals surface area (Å²) < 4.78 is 83.6. The lowest BCUT2D eigenvalue weighted by molar-refractivity contribution is -0.137.